The summed E-state index contributed by atoms with van der Waals surface area (Å²) in [6.45, 7) is 5.82. The molecule has 1 aliphatic rings. The van der Waals surface area contributed by atoms with Crippen LogP contribution in [0.3, 0.4) is 0 Å². The molecule has 0 spiro atoms. The molecule has 0 saturated heterocycles. The standard InChI is InChI=1S/C28H25ClFN5O2/c1-16-6-4-9-24(17(16)2)34-27(36)25-18(3)33-28-31-15-32-35(28)26(25)19-10-12-20(13-11-19)37-14-21-22(29)7-5-8-23(21)30/h4-13,15,26H,14H2,1-3H3,(H,34,36)(H,31,32,33). The highest BCUT2D eigenvalue weighted by molar-refractivity contribution is 6.31. The Morgan fingerprint density at radius 3 is 2.62 bits per heavy atom. The van der Waals surface area contributed by atoms with Crippen molar-refractivity contribution in [3.63, 3.8) is 0 Å². The third-order valence-corrected chi connectivity index (χ3v) is 6.89. The van der Waals surface area contributed by atoms with Gasteiger partial charge in [0.1, 0.15) is 30.5 Å². The molecule has 3 aromatic carbocycles. The summed E-state index contributed by atoms with van der Waals surface area (Å²) in [6.07, 6.45) is 1.45. The van der Waals surface area contributed by atoms with E-state index in [9.17, 15) is 9.18 Å². The molecule has 5 rings (SSSR count). The average Bonchev–Trinajstić information content (AvgIpc) is 3.34. The SMILES string of the molecule is CC1=C(C(=O)Nc2cccc(C)c2C)C(c2ccc(OCc3c(F)cccc3Cl)cc2)n2ncnc2N1. The van der Waals surface area contributed by atoms with Crippen LogP contribution in [0, 0.1) is 19.7 Å². The highest BCUT2D eigenvalue weighted by atomic mass is 35.5. The van der Waals surface area contributed by atoms with E-state index in [0.29, 0.717) is 33.6 Å². The zero-order valence-corrected chi connectivity index (χ0v) is 21.3. The van der Waals surface area contributed by atoms with Gasteiger partial charge in [0, 0.05) is 16.9 Å². The lowest BCUT2D eigenvalue weighted by molar-refractivity contribution is -0.113. The number of fused-ring (bicyclic) bond motifs is 1. The van der Waals surface area contributed by atoms with Gasteiger partial charge in [0.2, 0.25) is 5.95 Å². The fourth-order valence-electron chi connectivity index (χ4n) is 4.34. The Bertz CT molecular complexity index is 1490. The lowest BCUT2D eigenvalue weighted by Crippen LogP contribution is -2.31. The van der Waals surface area contributed by atoms with E-state index in [2.05, 4.69) is 20.7 Å². The first-order valence-corrected chi connectivity index (χ1v) is 12.1. The molecule has 1 unspecified atom stereocenters. The Balaban J connectivity index is 1.43. The van der Waals surface area contributed by atoms with E-state index < -0.39 is 11.9 Å². The molecule has 1 aliphatic heterocycles. The van der Waals surface area contributed by atoms with E-state index in [0.717, 1.165) is 22.4 Å². The lowest BCUT2D eigenvalue weighted by atomic mass is 9.94. The minimum Gasteiger partial charge on any atom is -0.489 e. The van der Waals surface area contributed by atoms with Crippen LogP contribution in [-0.4, -0.2) is 20.7 Å². The summed E-state index contributed by atoms with van der Waals surface area (Å²) in [6, 6.07) is 17.1. The maximum Gasteiger partial charge on any atom is 0.255 e. The van der Waals surface area contributed by atoms with Crippen molar-refractivity contribution in [2.24, 2.45) is 0 Å². The number of allylic oxidation sites excluding steroid dienone is 1. The normalized spacial score (nSPS) is 14.7. The van der Waals surface area contributed by atoms with Gasteiger partial charge in [0.25, 0.3) is 5.91 Å². The highest BCUT2D eigenvalue weighted by Crippen LogP contribution is 2.36. The third kappa shape index (κ3) is 4.80. The number of carbonyl (C=O) groups is 1. The molecular weight excluding hydrogens is 493 g/mol. The van der Waals surface area contributed by atoms with Crippen molar-refractivity contribution in [2.75, 3.05) is 10.6 Å². The molecule has 7 nitrogen and oxygen atoms in total. The largest absolute Gasteiger partial charge is 0.489 e. The van der Waals surface area contributed by atoms with Crippen LogP contribution < -0.4 is 15.4 Å². The second kappa shape index (κ2) is 10.1. The van der Waals surface area contributed by atoms with Gasteiger partial charge in [-0.25, -0.2) is 9.07 Å². The van der Waals surface area contributed by atoms with Gasteiger partial charge in [-0.1, -0.05) is 41.9 Å². The van der Waals surface area contributed by atoms with Crippen molar-refractivity contribution >= 4 is 29.1 Å². The van der Waals surface area contributed by atoms with Crippen molar-refractivity contribution < 1.29 is 13.9 Å². The number of nitrogens with zero attached hydrogens (tertiary/aromatic N) is 3. The number of benzene rings is 3. The molecule has 0 aliphatic carbocycles. The Hall–Kier alpha value is -4.17. The minimum atomic E-state index is -0.515. The first kappa shape index (κ1) is 24.5. The number of ether oxygens (including phenoxy) is 1. The number of nitrogens with one attached hydrogen (secondary N) is 2. The van der Waals surface area contributed by atoms with Gasteiger partial charge in [-0.2, -0.15) is 10.1 Å². The summed E-state index contributed by atoms with van der Waals surface area (Å²) in [5.41, 5.74) is 5.16. The fourth-order valence-corrected chi connectivity index (χ4v) is 4.56. The predicted molar refractivity (Wildman–Crippen MR) is 141 cm³/mol. The van der Waals surface area contributed by atoms with Gasteiger partial charge in [-0.15, -0.1) is 0 Å². The number of anilines is 2. The highest BCUT2D eigenvalue weighted by Gasteiger charge is 2.33. The number of rotatable bonds is 6. The van der Waals surface area contributed by atoms with Gasteiger partial charge in [0.15, 0.2) is 0 Å². The van der Waals surface area contributed by atoms with E-state index in [1.54, 1.807) is 28.9 Å². The first-order valence-electron chi connectivity index (χ1n) is 11.7. The Morgan fingerprint density at radius 1 is 1.11 bits per heavy atom. The second-order valence-corrected chi connectivity index (χ2v) is 9.26. The molecule has 0 radical (unpaired) electrons. The van der Waals surface area contributed by atoms with Crippen LogP contribution in [0.15, 0.2) is 78.3 Å². The number of hydrogen-bond donors (Lipinski definition) is 2. The molecule has 0 saturated carbocycles. The lowest BCUT2D eigenvalue weighted by Gasteiger charge is -2.29. The number of amides is 1. The topological polar surface area (TPSA) is 81.1 Å². The molecule has 2 N–H and O–H groups in total. The molecular formula is C28H25ClFN5O2. The van der Waals surface area contributed by atoms with Crippen LogP contribution >= 0.6 is 11.6 Å². The number of carbonyl (C=O) groups excluding carboxylic acids is 1. The summed E-state index contributed by atoms with van der Waals surface area (Å²) in [4.78, 5) is 17.9. The quantitative estimate of drug-likeness (QED) is 0.318. The van der Waals surface area contributed by atoms with Crippen LogP contribution in [0.25, 0.3) is 0 Å². The van der Waals surface area contributed by atoms with Crippen LogP contribution in [0.4, 0.5) is 16.0 Å². The number of aryl methyl sites for hydroxylation is 1. The second-order valence-electron chi connectivity index (χ2n) is 8.85. The molecule has 0 bridgehead atoms. The molecule has 1 atom stereocenters. The third-order valence-electron chi connectivity index (χ3n) is 6.53. The Labute approximate surface area is 218 Å². The van der Waals surface area contributed by atoms with E-state index in [1.807, 2.05) is 51.1 Å². The van der Waals surface area contributed by atoms with Crippen LogP contribution in [-0.2, 0) is 11.4 Å². The van der Waals surface area contributed by atoms with E-state index in [4.69, 9.17) is 16.3 Å². The molecule has 188 valence electrons. The van der Waals surface area contributed by atoms with E-state index in [1.165, 1.54) is 12.4 Å². The monoisotopic (exact) mass is 517 g/mol. The summed E-state index contributed by atoms with van der Waals surface area (Å²) < 4.78 is 21.6. The zero-order valence-electron chi connectivity index (χ0n) is 20.5. The molecule has 9 heteroatoms. The molecule has 37 heavy (non-hydrogen) atoms. The van der Waals surface area contributed by atoms with Gasteiger partial charge < -0.3 is 15.4 Å². The molecule has 1 aromatic heterocycles. The van der Waals surface area contributed by atoms with Crippen LogP contribution in [0.1, 0.15) is 35.2 Å². The van der Waals surface area contributed by atoms with Crippen molar-refractivity contribution in [3.05, 3.63) is 111 Å². The van der Waals surface area contributed by atoms with Crippen molar-refractivity contribution in [3.8, 4) is 5.75 Å². The zero-order chi connectivity index (χ0) is 26.1. The fraction of sp³-hybridized carbons (Fsp3) is 0.179. The summed E-state index contributed by atoms with van der Waals surface area (Å²) in [7, 11) is 0. The van der Waals surface area contributed by atoms with E-state index in [-0.39, 0.29) is 12.5 Å². The van der Waals surface area contributed by atoms with Crippen molar-refractivity contribution in [1.82, 2.24) is 14.8 Å². The summed E-state index contributed by atoms with van der Waals surface area (Å²) >= 11 is 6.11. The number of aromatic nitrogens is 3. The Kier molecular flexibility index (Phi) is 6.67. The first-order chi connectivity index (χ1) is 17.8. The predicted octanol–water partition coefficient (Wildman–Crippen LogP) is 6.19. The van der Waals surface area contributed by atoms with E-state index >= 15 is 0 Å². The number of halogens is 2. The molecule has 4 aromatic rings. The smallest absolute Gasteiger partial charge is 0.255 e. The Morgan fingerprint density at radius 2 is 1.86 bits per heavy atom. The average molecular weight is 518 g/mol. The maximum absolute atomic E-state index is 14.1. The molecule has 2 heterocycles. The van der Waals surface area contributed by atoms with Crippen molar-refractivity contribution in [1.29, 1.82) is 0 Å². The van der Waals surface area contributed by atoms with Gasteiger partial charge in [-0.05, 0) is 67.8 Å². The van der Waals surface area contributed by atoms with Gasteiger partial charge >= 0.3 is 0 Å². The summed E-state index contributed by atoms with van der Waals surface area (Å²) in [5.74, 6) is 0.426. The molecule has 1 amide bonds. The van der Waals surface area contributed by atoms with Crippen molar-refractivity contribution in [2.45, 2.75) is 33.4 Å². The van der Waals surface area contributed by atoms with Crippen LogP contribution in [0.2, 0.25) is 5.02 Å². The summed E-state index contributed by atoms with van der Waals surface area (Å²) in [5, 5.41) is 10.9. The molecule has 0 fully saturated rings. The van der Waals surface area contributed by atoms with Crippen LogP contribution in [0.5, 0.6) is 5.75 Å². The minimum absolute atomic E-state index is 0.00602. The number of hydrogen-bond acceptors (Lipinski definition) is 5. The van der Waals surface area contributed by atoms with Gasteiger partial charge in [-0.3, -0.25) is 4.79 Å². The van der Waals surface area contributed by atoms with Gasteiger partial charge in [0.05, 0.1) is 10.6 Å². The maximum atomic E-state index is 14.1.